The van der Waals surface area contributed by atoms with Crippen molar-refractivity contribution in [3.63, 3.8) is 0 Å². The maximum Gasteiger partial charge on any atom is 0.219 e. The van der Waals surface area contributed by atoms with Crippen LogP contribution in [0.2, 0.25) is 0 Å². The Kier molecular flexibility index (Phi) is 4.03. The number of aliphatic hydroxyl groups is 1. The first-order chi connectivity index (χ1) is 7.16. The molecule has 0 aromatic rings. The minimum absolute atomic E-state index is 0.0239. The Bertz CT molecular complexity index is 330. The zero-order valence-corrected chi connectivity index (χ0v) is 11.4. The van der Waals surface area contributed by atoms with Gasteiger partial charge in [-0.2, -0.15) is 4.31 Å². The van der Waals surface area contributed by atoms with Crippen LogP contribution in [0.3, 0.4) is 0 Å². The molecule has 1 N–H and O–H groups in total. The first-order valence-electron chi connectivity index (χ1n) is 5.85. The van der Waals surface area contributed by atoms with E-state index in [1.165, 1.54) is 0 Å². The van der Waals surface area contributed by atoms with Crippen LogP contribution in [0.5, 0.6) is 0 Å². The summed E-state index contributed by atoms with van der Waals surface area (Å²) in [7, 11) is -3.25. The number of hydrogen-bond acceptors (Lipinski definition) is 3. The summed E-state index contributed by atoms with van der Waals surface area (Å²) in [4.78, 5) is 0. The lowest BCUT2D eigenvalue weighted by Crippen LogP contribution is -2.46. The summed E-state index contributed by atoms with van der Waals surface area (Å²) in [6, 6.07) is -0.0239. The first kappa shape index (κ1) is 13.9. The van der Waals surface area contributed by atoms with Gasteiger partial charge in [0.15, 0.2) is 0 Å². The molecule has 1 aliphatic heterocycles. The van der Waals surface area contributed by atoms with E-state index < -0.39 is 20.9 Å². The van der Waals surface area contributed by atoms with Crippen LogP contribution in [0, 0.1) is 0 Å². The van der Waals surface area contributed by atoms with Crippen molar-refractivity contribution in [2.24, 2.45) is 0 Å². The lowest BCUT2D eigenvalue weighted by molar-refractivity contribution is 0.157. The van der Waals surface area contributed by atoms with E-state index in [2.05, 4.69) is 0 Å². The van der Waals surface area contributed by atoms with Gasteiger partial charge in [-0.25, -0.2) is 8.42 Å². The van der Waals surface area contributed by atoms with Crippen molar-refractivity contribution in [2.45, 2.75) is 63.9 Å². The quantitative estimate of drug-likeness (QED) is 0.821. The van der Waals surface area contributed by atoms with Crippen LogP contribution in [0.25, 0.3) is 0 Å². The molecule has 0 aromatic carbocycles. The van der Waals surface area contributed by atoms with Crippen molar-refractivity contribution in [2.75, 3.05) is 6.54 Å². The molecular weight excluding hydrogens is 226 g/mol. The summed E-state index contributed by atoms with van der Waals surface area (Å²) in [5.41, 5.74) is 0. The van der Waals surface area contributed by atoms with Crippen LogP contribution in [-0.2, 0) is 10.0 Å². The minimum Gasteiger partial charge on any atom is -0.393 e. The Balaban J connectivity index is 2.87. The molecule has 5 heteroatoms. The zero-order chi connectivity index (χ0) is 12.6. The fourth-order valence-corrected chi connectivity index (χ4v) is 3.76. The van der Waals surface area contributed by atoms with Crippen molar-refractivity contribution in [1.82, 2.24) is 4.31 Å². The zero-order valence-electron chi connectivity index (χ0n) is 10.6. The van der Waals surface area contributed by atoms with Crippen LogP contribution in [0.4, 0.5) is 0 Å². The third-order valence-corrected chi connectivity index (χ3v) is 5.66. The number of hydrogen-bond donors (Lipinski definition) is 1. The maximum absolute atomic E-state index is 12.3. The fourth-order valence-electron chi connectivity index (χ4n) is 2.11. The normalized spacial score (nSPS) is 25.9. The fraction of sp³-hybridized carbons (Fsp3) is 1.00. The van der Waals surface area contributed by atoms with Gasteiger partial charge in [0.2, 0.25) is 10.0 Å². The summed E-state index contributed by atoms with van der Waals surface area (Å²) in [6.07, 6.45) is 1.85. The Morgan fingerprint density at radius 2 is 2.00 bits per heavy atom. The highest BCUT2D eigenvalue weighted by Crippen LogP contribution is 2.30. The highest BCUT2D eigenvalue weighted by molar-refractivity contribution is 7.90. The molecule has 0 aliphatic carbocycles. The van der Waals surface area contributed by atoms with Crippen molar-refractivity contribution >= 4 is 10.0 Å². The second kappa shape index (κ2) is 4.63. The molecule has 0 saturated carbocycles. The summed E-state index contributed by atoms with van der Waals surface area (Å²) in [5, 5.41) is 9.38. The van der Waals surface area contributed by atoms with Crippen molar-refractivity contribution < 1.29 is 13.5 Å². The minimum atomic E-state index is -3.25. The van der Waals surface area contributed by atoms with E-state index in [-0.39, 0.29) is 6.04 Å². The highest BCUT2D eigenvalue weighted by Gasteiger charge is 2.41. The van der Waals surface area contributed by atoms with E-state index in [1.807, 2.05) is 0 Å². The van der Waals surface area contributed by atoms with Crippen molar-refractivity contribution in [3.05, 3.63) is 0 Å². The summed E-state index contributed by atoms with van der Waals surface area (Å²) >= 11 is 0. The van der Waals surface area contributed by atoms with Crippen LogP contribution < -0.4 is 0 Å². The molecular formula is C11H23NO3S. The molecule has 0 spiro atoms. The van der Waals surface area contributed by atoms with Crippen LogP contribution in [-0.4, -0.2) is 41.3 Å². The van der Waals surface area contributed by atoms with E-state index in [4.69, 9.17) is 0 Å². The molecule has 1 heterocycles. The van der Waals surface area contributed by atoms with Gasteiger partial charge in [0.1, 0.15) is 0 Å². The topological polar surface area (TPSA) is 57.6 Å². The highest BCUT2D eigenvalue weighted by atomic mass is 32.2. The molecule has 1 fully saturated rings. The molecule has 2 atom stereocenters. The summed E-state index contributed by atoms with van der Waals surface area (Å²) in [6.45, 7) is 7.47. The smallest absolute Gasteiger partial charge is 0.219 e. The van der Waals surface area contributed by atoms with Crippen molar-refractivity contribution in [1.29, 1.82) is 0 Å². The van der Waals surface area contributed by atoms with Crippen LogP contribution in [0.1, 0.15) is 47.0 Å². The van der Waals surface area contributed by atoms with Gasteiger partial charge in [0, 0.05) is 12.6 Å². The molecule has 0 radical (unpaired) electrons. The van der Waals surface area contributed by atoms with Gasteiger partial charge in [-0.1, -0.05) is 0 Å². The summed E-state index contributed by atoms with van der Waals surface area (Å²) < 4.78 is 25.4. The molecule has 1 saturated heterocycles. The number of aliphatic hydroxyl groups excluding tert-OH is 1. The second-order valence-corrected chi connectivity index (χ2v) is 8.25. The first-order valence-corrected chi connectivity index (χ1v) is 7.29. The predicted molar refractivity (Wildman–Crippen MR) is 64.7 cm³/mol. The third kappa shape index (κ3) is 2.76. The monoisotopic (exact) mass is 249 g/mol. The molecule has 16 heavy (non-hydrogen) atoms. The van der Waals surface area contributed by atoms with E-state index in [0.29, 0.717) is 13.0 Å². The largest absolute Gasteiger partial charge is 0.393 e. The number of rotatable bonds is 3. The number of sulfonamides is 1. The Labute approximate surface area is 98.7 Å². The van der Waals surface area contributed by atoms with E-state index in [0.717, 1.165) is 12.8 Å². The molecule has 1 rings (SSSR count). The Morgan fingerprint density at radius 3 is 2.44 bits per heavy atom. The number of nitrogens with zero attached hydrogens (tertiary/aromatic N) is 1. The molecule has 96 valence electrons. The van der Waals surface area contributed by atoms with E-state index in [9.17, 15) is 13.5 Å². The average molecular weight is 249 g/mol. The van der Waals surface area contributed by atoms with Crippen LogP contribution >= 0.6 is 0 Å². The molecule has 0 aromatic heterocycles. The molecule has 0 amide bonds. The van der Waals surface area contributed by atoms with Gasteiger partial charge in [0.05, 0.1) is 10.9 Å². The molecule has 4 nitrogen and oxygen atoms in total. The van der Waals surface area contributed by atoms with Gasteiger partial charge >= 0.3 is 0 Å². The Hall–Kier alpha value is -0.130. The maximum atomic E-state index is 12.3. The lowest BCUT2D eigenvalue weighted by Gasteiger charge is -2.31. The standard InChI is InChI=1S/C11H23NO3S/c1-9(13)8-10-6-5-7-12(10)16(14,15)11(2,3)4/h9-10,13H,5-8H2,1-4H3. The van der Waals surface area contributed by atoms with Crippen LogP contribution in [0.15, 0.2) is 0 Å². The third-order valence-electron chi connectivity index (χ3n) is 3.02. The molecule has 1 aliphatic rings. The van der Waals surface area contributed by atoms with Gasteiger partial charge in [-0.15, -0.1) is 0 Å². The lowest BCUT2D eigenvalue weighted by atomic mass is 10.1. The van der Waals surface area contributed by atoms with E-state index in [1.54, 1.807) is 32.0 Å². The molecule has 2 unspecified atom stereocenters. The Morgan fingerprint density at radius 1 is 1.44 bits per heavy atom. The van der Waals surface area contributed by atoms with E-state index >= 15 is 0 Å². The summed E-state index contributed by atoms with van der Waals surface area (Å²) in [5.74, 6) is 0. The molecule has 0 bridgehead atoms. The van der Waals surface area contributed by atoms with Gasteiger partial charge < -0.3 is 5.11 Å². The predicted octanol–water partition coefficient (Wildman–Crippen LogP) is 1.35. The average Bonchev–Trinajstić information content (AvgIpc) is 2.49. The second-order valence-electron chi connectivity index (χ2n) is 5.61. The SMILES string of the molecule is CC(O)CC1CCCN1S(=O)(=O)C(C)(C)C. The van der Waals surface area contributed by atoms with Gasteiger partial charge in [-0.3, -0.25) is 0 Å². The van der Waals surface area contributed by atoms with Gasteiger partial charge in [-0.05, 0) is 47.0 Å². The van der Waals surface area contributed by atoms with Crippen molar-refractivity contribution in [3.8, 4) is 0 Å². The van der Waals surface area contributed by atoms with Gasteiger partial charge in [0.25, 0.3) is 0 Å².